The first-order valence-corrected chi connectivity index (χ1v) is 10.4. The molecule has 4 aromatic rings. The summed E-state index contributed by atoms with van der Waals surface area (Å²) in [4.78, 5) is 28.2. The van der Waals surface area contributed by atoms with Crippen molar-refractivity contribution in [3.8, 4) is 5.82 Å². The highest BCUT2D eigenvalue weighted by Gasteiger charge is 2.28. The van der Waals surface area contributed by atoms with Gasteiger partial charge in [0.25, 0.3) is 5.91 Å². The topological polar surface area (TPSA) is 85.6 Å². The van der Waals surface area contributed by atoms with E-state index in [0.717, 1.165) is 51.5 Å². The van der Waals surface area contributed by atoms with Gasteiger partial charge in [-0.2, -0.15) is 5.10 Å². The van der Waals surface area contributed by atoms with E-state index in [4.69, 9.17) is 4.98 Å². The Labute approximate surface area is 171 Å². The Balaban J connectivity index is 1.33. The van der Waals surface area contributed by atoms with Gasteiger partial charge in [0.2, 0.25) is 0 Å². The van der Waals surface area contributed by atoms with E-state index in [9.17, 15) is 4.79 Å². The van der Waals surface area contributed by atoms with Gasteiger partial charge in [0.05, 0.1) is 10.6 Å². The predicted molar refractivity (Wildman–Crippen MR) is 111 cm³/mol. The van der Waals surface area contributed by atoms with Crippen LogP contribution < -0.4 is 5.32 Å². The van der Waals surface area contributed by atoms with Crippen molar-refractivity contribution in [1.82, 2.24) is 30.0 Å². The molecule has 7 nitrogen and oxygen atoms in total. The predicted octanol–water partition coefficient (Wildman–Crippen LogP) is 3.70. The van der Waals surface area contributed by atoms with Gasteiger partial charge in [0.1, 0.15) is 10.7 Å². The van der Waals surface area contributed by atoms with Gasteiger partial charge in [-0.05, 0) is 49.9 Å². The molecule has 1 aliphatic rings. The zero-order valence-corrected chi connectivity index (χ0v) is 17.0. The molecule has 4 heterocycles. The van der Waals surface area contributed by atoms with Gasteiger partial charge in [0.15, 0.2) is 5.82 Å². The molecule has 5 rings (SSSR count). The molecule has 0 spiro atoms. The minimum Gasteiger partial charge on any atom is -0.347 e. The average molecular weight is 404 g/mol. The Bertz CT molecular complexity index is 1190. The van der Waals surface area contributed by atoms with Crippen LogP contribution in [0.1, 0.15) is 51.1 Å². The minimum absolute atomic E-state index is 0.0889. The summed E-state index contributed by atoms with van der Waals surface area (Å²) in [7, 11) is 0. The number of hydrogen-bond donors (Lipinski definition) is 1. The lowest BCUT2D eigenvalue weighted by Crippen LogP contribution is -2.22. The Hall–Kier alpha value is -3.13. The number of amides is 1. The van der Waals surface area contributed by atoms with Gasteiger partial charge in [-0.25, -0.2) is 19.6 Å². The lowest BCUT2D eigenvalue weighted by molar-refractivity contribution is 0.0954. The minimum atomic E-state index is -0.0889. The van der Waals surface area contributed by atoms with Crippen molar-refractivity contribution >= 4 is 27.5 Å². The third-order valence-electron chi connectivity index (χ3n) is 5.14. The van der Waals surface area contributed by atoms with Crippen LogP contribution in [0, 0.1) is 13.8 Å². The van der Waals surface area contributed by atoms with Crippen molar-refractivity contribution in [1.29, 1.82) is 0 Å². The molecule has 0 aliphatic heterocycles. The van der Waals surface area contributed by atoms with Crippen LogP contribution in [0.15, 0.2) is 36.8 Å². The molecule has 8 heteroatoms. The Morgan fingerprint density at radius 1 is 1.28 bits per heavy atom. The molecular formula is C21H20N6OS. The largest absolute Gasteiger partial charge is 0.347 e. The van der Waals surface area contributed by atoms with Crippen molar-refractivity contribution in [2.24, 2.45) is 0 Å². The standard InChI is InChI=1S/C21H20N6OS/c1-12-17-13(2)25-19(15-5-6-15)26-21(17)29-18(12)20(28)23-11-14-4-7-16(22-10-14)27-9-3-8-24-27/h3-4,7-10,15H,5-6,11H2,1-2H3,(H,23,28). The van der Waals surface area contributed by atoms with Gasteiger partial charge in [-0.3, -0.25) is 4.79 Å². The molecule has 1 N–H and O–H groups in total. The summed E-state index contributed by atoms with van der Waals surface area (Å²) in [5, 5.41) is 8.17. The van der Waals surface area contributed by atoms with Crippen LogP contribution in [-0.2, 0) is 6.54 Å². The number of nitrogens with one attached hydrogen (secondary N) is 1. The highest BCUT2D eigenvalue weighted by atomic mass is 32.1. The molecule has 0 aromatic carbocycles. The van der Waals surface area contributed by atoms with E-state index in [1.807, 2.05) is 38.2 Å². The molecule has 1 fully saturated rings. The molecule has 0 unspecified atom stereocenters. The van der Waals surface area contributed by atoms with Crippen LogP contribution in [-0.4, -0.2) is 30.6 Å². The van der Waals surface area contributed by atoms with Gasteiger partial charge in [0, 0.05) is 36.4 Å². The number of aryl methyl sites for hydroxylation is 2. The van der Waals surface area contributed by atoms with E-state index in [1.165, 1.54) is 11.3 Å². The second-order valence-electron chi connectivity index (χ2n) is 7.34. The summed E-state index contributed by atoms with van der Waals surface area (Å²) in [6, 6.07) is 5.68. The van der Waals surface area contributed by atoms with Gasteiger partial charge in [-0.15, -0.1) is 11.3 Å². The Kier molecular flexibility index (Phi) is 4.35. The maximum absolute atomic E-state index is 12.8. The van der Waals surface area contributed by atoms with E-state index < -0.39 is 0 Å². The Morgan fingerprint density at radius 3 is 2.83 bits per heavy atom. The number of fused-ring (bicyclic) bond motifs is 1. The number of nitrogens with zero attached hydrogens (tertiary/aromatic N) is 5. The molecule has 0 saturated heterocycles. The van der Waals surface area contributed by atoms with Crippen LogP contribution in [0.5, 0.6) is 0 Å². The SMILES string of the molecule is Cc1nc(C2CC2)nc2sc(C(=O)NCc3ccc(-n4cccn4)nc3)c(C)c12. The summed E-state index contributed by atoms with van der Waals surface area (Å²) in [5.74, 6) is 2.07. The lowest BCUT2D eigenvalue weighted by Gasteiger charge is -2.06. The van der Waals surface area contributed by atoms with Crippen molar-refractivity contribution in [2.45, 2.75) is 39.2 Å². The van der Waals surface area contributed by atoms with Crippen LogP contribution in [0.3, 0.4) is 0 Å². The lowest BCUT2D eigenvalue weighted by atomic mass is 10.1. The normalized spacial score (nSPS) is 13.7. The van der Waals surface area contributed by atoms with Crippen LogP contribution >= 0.6 is 11.3 Å². The molecule has 1 aliphatic carbocycles. The number of aromatic nitrogens is 5. The van der Waals surface area contributed by atoms with Gasteiger partial charge in [-0.1, -0.05) is 6.07 Å². The zero-order chi connectivity index (χ0) is 20.0. The van der Waals surface area contributed by atoms with E-state index in [1.54, 1.807) is 17.1 Å². The van der Waals surface area contributed by atoms with Gasteiger partial charge < -0.3 is 5.32 Å². The van der Waals surface area contributed by atoms with Crippen LogP contribution in [0.4, 0.5) is 0 Å². The molecule has 0 bridgehead atoms. The van der Waals surface area contributed by atoms with Gasteiger partial charge >= 0.3 is 0 Å². The smallest absolute Gasteiger partial charge is 0.261 e. The summed E-state index contributed by atoms with van der Waals surface area (Å²) in [6.07, 6.45) is 7.63. The first kappa shape index (κ1) is 17.9. The first-order chi connectivity index (χ1) is 14.1. The maximum atomic E-state index is 12.8. The van der Waals surface area contributed by atoms with E-state index in [-0.39, 0.29) is 5.91 Å². The zero-order valence-electron chi connectivity index (χ0n) is 16.2. The monoisotopic (exact) mass is 404 g/mol. The highest BCUT2D eigenvalue weighted by Crippen LogP contribution is 2.40. The summed E-state index contributed by atoms with van der Waals surface area (Å²) >= 11 is 1.45. The van der Waals surface area contributed by atoms with E-state index in [2.05, 4.69) is 20.4 Å². The first-order valence-electron chi connectivity index (χ1n) is 9.61. The number of thiophene rings is 1. The number of rotatable bonds is 5. The highest BCUT2D eigenvalue weighted by molar-refractivity contribution is 7.20. The molecule has 146 valence electrons. The third kappa shape index (κ3) is 3.40. The third-order valence-corrected chi connectivity index (χ3v) is 6.32. The fourth-order valence-electron chi connectivity index (χ4n) is 3.42. The second kappa shape index (κ2) is 7.04. The number of carbonyl (C=O) groups excluding carboxylic acids is 1. The number of carbonyl (C=O) groups is 1. The fourth-order valence-corrected chi connectivity index (χ4v) is 4.58. The quantitative estimate of drug-likeness (QED) is 0.548. The molecule has 0 radical (unpaired) electrons. The van der Waals surface area contributed by atoms with E-state index in [0.29, 0.717) is 17.3 Å². The average Bonchev–Trinajstić information content (AvgIpc) is 3.32. The molecule has 4 aromatic heterocycles. The maximum Gasteiger partial charge on any atom is 0.261 e. The molecule has 1 saturated carbocycles. The summed E-state index contributed by atoms with van der Waals surface area (Å²) in [6.45, 7) is 4.39. The fraction of sp³-hybridized carbons (Fsp3) is 0.286. The van der Waals surface area contributed by atoms with E-state index >= 15 is 0 Å². The van der Waals surface area contributed by atoms with Crippen molar-refractivity contribution in [3.63, 3.8) is 0 Å². The molecular weight excluding hydrogens is 384 g/mol. The summed E-state index contributed by atoms with van der Waals surface area (Å²) < 4.78 is 1.70. The molecule has 1 amide bonds. The van der Waals surface area contributed by atoms with Crippen LogP contribution in [0.25, 0.3) is 16.0 Å². The second-order valence-corrected chi connectivity index (χ2v) is 8.33. The summed E-state index contributed by atoms with van der Waals surface area (Å²) in [5.41, 5.74) is 2.85. The number of pyridine rings is 1. The van der Waals surface area contributed by atoms with Crippen molar-refractivity contribution in [2.75, 3.05) is 0 Å². The molecule has 0 atom stereocenters. The molecule has 29 heavy (non-hydrogen) atoms. The van der Waals surface area contributed by atoms with Crippen molar-refractivity contribution < 1.29 is 4.79 Å². The van der Waals surface area contributed by atoms with Crippen molar-refractivity contribution in [3.05, 3.63) is 64.3 Å². The number of hydrogen-bond acceptors (Lipinski definition) is 6. The Morgan fingerprint density at radius 2 is 2.14 bits per heavy atom. The van der Waals surface area contributed by atoms with Crippen LogP contribution in [0.2, 0.25) is 0 Å².